The van der Waals surface area contributed by atoms with Crippen LogP contribution in [0.1, 0.15) is 5.69 Å². The molecule has 1 aromatic rings. The van der Waals surface area contributed by atoms with E-state index in [9.17, 15) is 0 Å². The monoisotopic (exact) mass is 174 g/mol. The summed E-state index contributed by atoms with van der Waals surface area (Å²) in [5.41, 5.74) is 6.14. The van der Waals surface area contributed by atoms with Gasteiger partial charge in [0, 0.05) is 6.54 Å². The number of rotatable bonds is 3. The van der Waals surface area contributed by atoms with Crippen LogP contribution in [0.15, 0.2) is 24.8 Å². The van der Waals surface area contributed by atoms with Gasteiger partial charge in [-0.1, -0.05) is 6.08 Å². The van der Waals surface area contributed by atoms with Crippen LogP contribution in [0.3, 0.4) is 0 Å². The maximum absolute atomic E-state index is 8.63. The first kappa shape index (κ1) is 9.07. The molecule has 0 aromatic carbocycles. The maximum Gasteiger partial charge on any atom is 0.165 e. The minimum Gasteiger partial charge on any atom is -0.396 e. The van der Waals surface area contributed by atoms with Crippen molar-refractivity contribution in [2.45, 2.75) is 0 Å². The first-order valence-electron chi connectivity index (χ1n) is 3.79. The summed E-state index contributed by atoms with van der Waals surface area (Å²) < 4.78 is 0. The van der Waals surface area contributed by atoms with Crippen LogP contribution in [-0.2, 0) is 0 Å². The molecule has 1 aromatic heterocycles. The van der Waals surface area contributed by atoms with Crippen molar-refractivity contribution in [1.29, 1.82) is 5.26 Å². The van der Waals surface area contributed by atoms with Gasteiger partial charge in [0.2, 0.25) is 0 Å². The highest BCUT2D eigenvalue weighted by Crippen LogP contribution is 2.11. The Morgan fingerprint density at radius 3 is 3.08 bits per heavy atom. The molecule has 0 aliphatic heterocycles. The third-order valence-electron chi connectivity index (χ3n) is 1.46. The number of hydrogen-bond donors (Lipinski definition) is 2. The average molecular weight is 174 g/mol. The van der Waals surface area contributed by atoms with Crippen LogP contribution >= 0.6 is 0 Å². The molecule has 0 saturated carbocycles. The van der Waals surface area contributed by atoms with Crippen LogP contribution in [0.5, 0.6) is 0 Å². The minimum absolute atomic E-state index is 0.245. The second kappa shape index (κ2) is 4.12. The zero-order valence-corrected chi connectivity index (χ0v) is 7.12. The number of nitrogen functional groups attached to an aromatic ring is 1. The predicted octanol–water partition coefficient (Wildman–Crippen LogP) is 1.13. The molecule has 4 nitrogen and oxygen atoms in total. The number of anilines is 2. The summed E-state index contributed by atoms with van der Waals surface area (Å²) in [6.45, 7) is 4.17. The largest absolute Gasteiger partial charge is 0.396 e. The molecule has 0 saturated heterocycles. The van der Waals surface area contributed by atoms with Crippen molar-refractivity contribution < 1.29 is 0 Å². The van der Waals surface area contributed by atoms with E-state index < -0.39 is 0 Å². The zero-order valence-electron chi connectivity index (χ0n) is 7.12. The van der Waals surface area contributed by atoms with E-state index >= 15 is 0 Å². The van der Waals surface area contributed by atoms with E-state index in [0.29, 0.717) is 18.1 Å². The standard InChI is InChI=1S/C9H10N4/c1-2-5-12-9-4-3-7(11)8(6-10)13-9/h2-4H,1,5,11H2,(H,12,13). The lowest BCUT2D eigenvalue weighted by atomic mass is 10.3. The first-order valence-corrected chi connectivity index (χ1v) is 3.79. The van der Waals surface area contributed by atoms with E-state index in [2.05, 4.69) is 16.9 Å². The summed E-state index contributed by atoms with van der Waals surface area (Å²) in [7, 11) is 0. The highest BCUT2D eigenvalue weighted by Gasteiger charge is 2.00. The van der Waals surface area contributed by atoms with E-state index in [4.69, 9.17) is 11.0 Å². The van der Waals surface area contributed by atoms with Crippen LogP contribution in [0.2, 0.25) is 0 Å². The number of nitrogens with two attached hydrogens (primary N) is 1. The second-order valence-corrected chi connectivity index (χ2v) is 2.42. The van der Waals surface area contributed by atoms with Gasteiger partial charge in [0.15, 0.2) is 5.69 Å². The van der Waals surface area contributed by atoms with E-state index in [1.54, 1.807) is 18.2 Å². The first-order chi connectivity index (χ1) is 6.27. The molecule has 0 bridgehead atoms. The Kier molecular flexibility index (Phi) is 2.87. The lowest BCUT2D eigenvalue weighted by Crippen LogP contribution is -2.02. The Morgan fingerprint density at radius 2 is 2.46 bits per heavy atom. The van der Waals surface area contributed by atoms with Crippen LogP contribution in [0.4, 0.5) is 11.5 Å². The fourth-order valence-corrected chi connectivity index (χ4v) is 0.835. The van der Waals surface area contributed by atoms with Gasteiger partial charge in [0.25, 0.3) is 0 Å². The molecular weight excluding hydrogens is 164 g/mol. The van der Waals surface area contributed by atoms with E-state index in [0.717, 1.165) is 0 Å². The van der Waals surface area contributed by atoms with Crippen LogP contribution in [0, 0.1) is 11.3 Å². The van der Waals surface area contributed by atoms with Gasteiger partial charge in [-0.05, 0) is 12.1 Å². The molecule has 4 heteroatoms. The molecule has 0 aliphatic rings. The Hall–Kier alpha value is -2.02. The van der Waals surface area contributed by atoms with Crippen molar-refractivity contribution in [1.82, 2.24) is 4.98 Å². The van der Waals surface area contributed by atoms with Gasteiger partial charge in [-0.3, -0.25) is 0 Å². The maximum atomic E-state index is 8.63. The smallest absolute Gasteiger partial charge is 0.165 e. The molecule has 0 unspecified atom stereocenters. The highest BCUT2D eigenvalue weighted by molar-refractivity contribution is 5.54. The fourth-order valence-electron chi connectivity index (χ4n) is 0.835. The summed E-state index contributed by atoms with van der Waals surface area (Å²) >= 11 is 0. The predicted molar refractivity (Wildman–Crippen MR) is 52.1 cm³/mol. The fraction of sp³-hybridized carbons (Fsp3) is 0.111. The number of nitrogens with zero attached hydrogens (tertiary/aromatic N) is 2. The van der Waals surface area contributed by atoms with Gasteiger partial charge in [-0.25, -0.2) is 4.98 Å². The molecule has 0 amide bonds. The van der Waals surface area contributed by atoms with E-state index in [1.165, 1.54) is 0 Å². The minimum atomic E-state index is 0.245. The number of hydrogen-bond acceptors (Lipinski definition) is 4. The molecule has 1 heterocycles. The van der Waals surface area contributed by atoms with Gasteiger partial charge in [-0.2, -0.15) is 5.26 Å². The van der Waals surface area contributed by atoms with Crippen LogP contribution in [-0.4, -0.2) is 11.5 Å². The van der Waals surface area contributed by atoms with Gasteiger partial charge < -0.3 is 11.1 Å². The summed E-state index contributed by atoms with van der Waals surface area (Å²) in [4.78, 5) is 3.98. The van der Waals surface area contributed by atoms with Crippen molar-refractivity contribution >= 4 is 11.5 Å². The average Bonchev–Trinajstić information content (AvgIpc) is 2.16. The molecule has 0 atom stereocenters. The quantitative estimate of drug-likeness (QED) is 0.673. The van der Waals surface area contributed by atoms with Crippen molar-refractivity contribution in [2.24, 2.45) is 0 Å². The zero-order chi connectivity index (χ0) is 9.68. The molecule has 0 radical (unpaired) electrons. The lowest BCUT2D eigenvalue weighted by molar-refractivity contribution is 1.20. The van der Waals surface area contributed by atoms with Crippen molar-refractivity contribution in [3.63, 3.8) is 0 Å². The van der Waals surface area contributed by atoms with Gasteiger partial charge in [0.05, 0.1) is 5.69 Å². The summed E-state index contributed by atoms with van der Waals surface area (Å²) in [6, 6.07) is 5.28. The van der Waals surface area contributed by atoms with Crippen molar-refractivity contribution in [2.75, 3.05) is 17.6 Å². The molecule has 0 spiro atoms. The molecule has 0 fully saturated rings. The van der Waals surface area contributed by atoms with Gasteiger partial charge in [0.1, 0.15) is 11.9 Å². The molecule has 1 rings (SSSR count). The SMILES string of the molecule is C=CCNc1ccc(N)c(C#N)n1. The normalized spacial score (nSPS) is 8.85. The van der Waals surface area contributed by atoms with E-state index in [-0.39, 0.29) is 5.69 Å². The number of nitrogens with one attached hydrogen (secondary N) is 1. The molecule has 66 valence electrons. The van der Waals surface area contributed by atoms with Gasteiger partial charge in [-0.15, -0.1) is 6.58 Å². The summed E-state index contributed by atoms with van der Waals surface area (Å²) in [5.74, 6) is 0.630. The Morgan fingerprint density at radius 1 is 1.69 bits per heavy atom. The Bertz CT molecular complexity index is 351. The van der Waals surface area contributed by atoms with E-state index in [1.807, 2.05) is 6.07 Å². The number of aromatic nitrogens is 1. The molecule has 13 heavy (non-hydrogen) atoms. The summed E-state index contributed by atoms with van der Waals surface area (Å²) in [5, 5.41) is 11.6. The van der Waals surface area contributed by atoms with Crippen LogP contribution < -0.4 is 11.1 Å². The molecular formula is C9H10N4. The number of pyridine rings is 1. The third kappa shape index (κ3) is 2.20. The van der Waals surface area contributed by atoms with Crippen LogP contribution in [0.25, 0.3) is 0 Å². The second-order valence-electron chi connectivity index (χ2n) is 2.42. The molecule has 3 N–H and O–H groups in total. The molecule has 0 aliphatic carbocycles. The third-order valence-corrected chi connectivity index (χ3v) is 1.46. The van der Waals surface area contributed by atoms with Crippen molar-refractivity contribution in [3.05, 3.63) is 30.5 Å². The lowest BCUT2D eigenvalue weighted by Gasteiger charge is -2.03. The summed E-state index contributed by atoms with van der Waals surface area (Å²) in [6.07, 6.45) is 1.71. The Balaban J connectivity index is 2.87. The Labute approximate surface area is 76.7 Å². The van der Waals surface area contributed by atoms with Gasteiger partial charge >= 0.3 is 0 Å². The highest BCUT2D eigenvalue weighted by atomic mass is 15.0. The topological polar surface area (TPSA) is 74.7 Å². The van der Waals surface area contributed by atoms with Crippen molar-refractivity contribution in [3.8, 4) is 6.07 Å². The number of nitriles is 1.